The average molecular weight is 396 g/mol. The molecule has 7 nitrogen and oxygen atoms in total. The summed E-state index contributed by atoms with van der Waals surface area (Å²) < 4.78 is 11.3. The Labute approximate surface area is 171 Å². The predicted octanol–water partition coefficient (Wildman–Crippen LogP) is 3.30. The third-order valence-corrected chi connectivity index (χ3v) is 4.48. The fraction of sp³-hybridized carbons (Fsp3) is 0.364. The molecule has 0 aromatic heterocycles. The number of nitrogens with zero attached hydrogens (tertiary/aromatic N) is 1. The molecule has 0 radical (unpaired) electrons. The molecule has 1 aliphatic rings. The SMILES string of the molecule is CCCCNC(=O)c1ccc(CN=C(N)Nc2ccc3c(c2)OCCCO3)cc1. The van der Waals surface area contributed by atoms with Crippen molar-refractivity contribution in [3.05, 3.63) is 53.6 Å². The number of aliphatic imine (C=N–C) groups is 1. The van der Waals surface area contributed by atoms with Gasteiger partial charge in [-0.15, -0.1) is 0 Å². The highest BCUT2D eigenvalue weighted by atomic mass is 16.5. The number of unbranched alkanes of at least 4 members (excludes halogenated alkanes) is 1. The molecule has 2 aromatic rings. The zero-order chi connectivity index (χ0) is 20.5. The molecule has 0 saturated heterocycles. The van der Waals surface area contributed by atoms with Crippen molar-refractivity contribution in [1.82, 2.24) is 5.32 Å². The van der Waals surface area contributed by atoms with Gasteiger partial charge in [-0.1, -0.05) is 25.5 Å². The topological polar surface area (TPSA) is 98.0 Å². The smallest absolute Gasteiger partial charge is 0.251 e. The van der Waals surface area contributed by atoms with Crippen LogP contribution in [0.4, 0.5) is 5.69 Å². The summed E-state index contributed by atoms with van der Waals surface area (Å²) in [7, 11) is 0. The summed E-state index contributed by atoms with van der Waals surface area (Å²) in [6, 6.07) is 13.0. The van der Waals surface area contributed by atoms with Crippen LogP contribution in [-0.4, -0.2) is 31.6 Å². The molecule has 0 unspecified atom stereocenters. The van der Waals surface area contributed by atoms with Crippen LogP contribution in [0.15, 0.2) is 47.5 Å². The van der Waals surface area contributed by atoms with Crippen molar-refractivity contribution >= 4 is 17.6 Å². The van der Waals surface area contributed by atoms with Gasteiger partial charge in [0.25, 0.3) is 5.91 Å². The highest BCUT2D eigenvalue weighted by Crippen LogP contribution is 2.32. The van der Waals surface area contributed by atoms with Gasteiger partial charge in [0, 0.05) is 30.3 Å². The molecular weight excluding hydrogens is 368 g/mol. The number of amides is 1. The molecule has 1 amide bonds. The minimum absolute atomic E-state index is 0.0518. The number of hydrogen-bond acceptors (Lipinski definition) is 4. The quantitative estimate of drug-likeness (QED) is 0.379. The van der Waals surface area contributed by atoms with Crippen LogP contribution in [0.2, 0.25) is 0 Å². The first-order valence-electron chi connectivity index (χ1n) is 9.99. The Kier molecular flexibility index (Phi) is 7.33. The Balaban J connectivity index is 1.54. The van der Waals surface area contributed by atoms with E-state index in [0.717, 1.165) is 36.3 Å². The number of carbonyl (C=O) groups excluding carboxylic acids is 1. The molecule has 29 heavy (non-hydrogen) atoms. The summed E-state index contributed by atoms with van der Waals surface area (Å²) in [6.45, 7) is 4.50. The first-order valence-corrected chi connectivity index (χ1v) is 9.99. The molecule has 0 bridgehead atoms. The van der Waals surface area contributed by atoms with Gasteiger partial charge in [-0.05, 0) is 36.2 Å². The minimum atomic E-state index is -0.0518. The van der Waals surface area contributed by atoms with E-state index < -0.39 is 0 Å². The standard InChI is InChI=1S/C22H28N4O3/c1-2-3-11-24-21(27)17-7-5-16(6-8-17)15-25-22(23)26-18-9-10-19-20(14-18)29-13-4-12-28-19/h5-10,14H,2-4,11-13,15H2,1H3,(H,24,27)(H3,23,25,26). The Bertz CT molecular complexity index is 850. The number of ether oxygens (including phenoxy) is 2. The van der Waals surface area contributed by atoms with E-state index >= 15 is 0 Å². The molecular formula is C22H28N4O3. The fourth-order valence-electron chi connectivity index (χ4n) is 2.85. The maximum atomic E-state index is 12.0. The number of hydrogen-bond donors (Lipinski definition) is 3. The number of fused-ring (bicyclic) bond motifs is 1. The summed E-state index contributed by atoms with van der Waals surface area (Å²) in [5.74, 6) is 1.69. The second-order valence-electron chi connectivity index (χ2n) is 6.84. The molecule has 4 N–H and O–H groups in total. The normalized spacial score (nSPS) is 13.5. The van der Waals surface area contributed by atoms with Crippen LogP contribution in [0.5, 0.6) is 11.5 Å². The zero-order valence-corrected chi connectivity index (χ0v) is 16.7. The highest BCUT2D eigenvalue weighted by Gasteiger charge is 2.11. The molecule has 1 aliphatic heterocycles. The second kappa shape index (κ2) is 10.4. The van der Waals surface area contributed by atoms with E-state index in [2.05, 4.69) is 22.5 Å². The summed E-state index contributed by atoms with van der Waals surface area (Å²) >= 11 is 0. The number of carbonyl (C=O) groups is 1. The molecule has 154 valence electrons. The first kappa shape index (κ1) is 20.5. The molecule has 1 heterocycles. The van der Waals surface area contributed by atoms with E-state index in [1.54, 1.807) is 12.1 Å². The van der Waals surface area contributed by atoms with Crippen LogP contribution in [0, 0.1) is 0 Å². The number of guanidine groups is 1. The van der Waals surface area contributed by atoms with E-state index in [0.29, 0.717) is 43.6 Å². The number of rotatable bonds is 7. The molecule has 0 fully saturated rings. The Morgan fingerprint density at radius 2 is 1.86 bits per heavy atom. The largest absolute Gasteiger partial charge is 0.490 e. The maximum Gasteiger partial charge on any atom is 0.251 e. The van der Waals surface area contributed by atoms with E-state index in [9.17, 15) is 4.79 Å². The van der Waals surface area contributed by atoms with E-state index in [4.69, 9.17) is 15.2 Å². The van der Waals surface area contributed by atoms with E-state index in [1.807, 2.05) is 30.3 Å². The molecule has 0 atom stereocenters. The molecule has 0 aliphatic carbocycles. The van der Waals surface area contributed by atoms with Gasteiger partial charge >= 0.3 is 0 Å². The minimum Gasteiger partial charge on any atom is -0.490 e. The van der Waals surface area contributed by atoms with Crippen molar-refractivity contribution in [2.75, 3.05) is 25.1 Å². The van der Waals surface area contributed by atoms with Gasteiger partial charge in [-0.3, -0.25) is 4.79 Å². The van der Waals surface area contributed by atoms with Crippen molar-refractivity contribution < 1.29 is 14.3 Å². The van der Waals surface area contributed by atoms with Gasteiger partial charge < -0.3 is 25.8 Å². The number of anilines is 1. The Morgan fingerprint density at radius 1 is 1.10 bits per heavy atom. The molecule has 0 saturated carbocycles. The lowest BCUT2D eigenvalue weighted by Gasteiger charge is -2.11. The van der Waals surface area contributed by atoms with Crippen LogP contribution in [0.1, 0.15) is 42.1 Å². The van der Waals surface area contributed by atoms with Gasteiger partial charge in [-0.2, -0.15) is 0 Å². The highest BCUT2D eigenvalue weighted by molar-refractivity contribution is 5.94. The van der Waals surface area contributed by atoms with Gasteiger partial charge in [-0.25, -0.2) is 4.99 Å². The molecule has 2 aromatic carbocycles. The van der Waals surface area contributed by atoms with E-state index in [-0.39, 0.29) is 5.91 Å². The first-order chi connectivity index (χ1) is 14.2. The number of benzene rings is 2. The summed E-state index contributed by atoms with van der Waals surface area (Å²) in [6.07, 6.45) is 2.90. The number of nitrogens with two attached hydrogens (primary N) is 1. The Morgan fingerprint density at radius 3 is 2.62 bits per heavy atom. The lowest BCUT2D eigenvalue weighted by Crippen LogP contribution is -2.24. The third-order valence-electron chi connectivity index (χ3n) is 4.48. The maximum absolute atomic E-state index is 12.0. The zero-order valence-electron chi connectivity index (χ0n) is 16.7. The van der Waals surface area contributed by atoms with Crippen LogP contribution >= 0.6 is 0 Å². The van der Waals surface area contributed by atoms with Crippen LogP contribution in [0.25, 0.3) is 0 Å². The Hall–Kier alpha value is -3.22. The summed E-state index contributed by atoms with van der Waals surface area (Å²) in [5.41, 5.74) is 8.41. The van der Waals surface area contributed by atoms with Gasteiger partial charge in [0.2, 0.25) is 0 Å². The van der Waals surface area contributed by atoms with Gasteiger partial charge in [0.1, 0.15) is 0 Å². The summed E-state index contributed by atoms with van der Waals surface area (Å²) in [5, 5.41) is 5.98. The molecule has 3 rings (SSSR count). The number of nitrogens with one attached hydrogen (secondary N) is 2. The third kappa shape index (κ3) is 6.14. The summed E-state index contributed by atoms with van der Waals surface area (Å²) in [4.78, 5) is 16.4. The van der Waals surface area contributed by atoms with Crippen molar-refractivity contribution in [3.8, 4) is 11.5 Å². The molecule has 0 spiro atoms. The van der Waals surface area contributed by atoms with Crippen molar-refractivity contribution in [2.24, 2.45) is 10.7 Å². The van der Waals surface area contributed by atoms with Gasteiger partial charge in [0.15, 0.2) is 17.5 Å². The lowest BCUT2D eigenvalue weighted by molar-refractivity contribution is 0.0953. The van der Waals surface area contributed by atoms with Crippen molar-refractivity contribution in [1.29, 1.82) is 0 Å². The van der Waals surface area contributed by atoms with Crippen molar-refractivity contribution in [2.45, 2.75) is 32.7 Å². The van der Waals surface area contributed by atoms with Crippen LogP contribution in [-0.2, 0) is 6.54 Å². The van der Waals surface area contributed by atoms with Crippen LogP contribution < -0.4 is 25.8 Å². The van der Waals surface area contributed by atoms with Crippen molar-refractivity contribution in [3.63, 3.8) is 0 Å². The monoisotopic (exact) mass is 396 g/mol. The van der Waals surface area contributed by atoms with Gasteiger partial charge in [0.05, 0.1) is 19.8 Å². The lowest BCUT2D eigenvalue weighted by atomic mass is 10.1. The molecule has 7 heteroatoms. The average Bonchev–Trinajstić information content (AvgIpc) is 2.98. The van der Waals surface area contributed by atoms with Crippen LogP contribution in [0.3, 0.4) is 0 Å². The van der Waals surface area contributed by atoms with E-state index in [1.165, 1.54) is 0 Å². The predicted molar refractivity (Wildman–Crippen MR) is 115 cm³/mol. The fourth-order valence-corrected chi connectivity index (χ4v) is 2.85. The second-order valence-corrected chi connectivity index (χ2v) is 6.84.